The normalized spacial score (nSPS) is 10.8. The van der Waals surface area contributed by atoms with Crippen LogP contribution in [0.2, 0.25) is 0 Å². The first-order valence-corrected chi connectivity index (χ1v) is 6.61. The predicted molar refractivity (Wildman–Crippen MR) is 75.8 cm³/mol. The van der Waals surface area contributed by atoms with E-state index in [9.17, 15) is 4.79 Å². The number of aryl methyl sites for hydroxylation is 1. The van der Waals surface area contributed by atoms with E-state index < -0.39 is 0 Å². The fourth-order valence-electron chi connectivity index (χ4n) is 1.57. The molecule has 0 unspecified atom stereocenters. The number of nitrogens with zero attached hydrogens (tertiary/aromatic N) is 1. The van der Waals surface area contributed by atoms with Gasteiger partial charge in [-0.1, -0.05) is 28.1 Å². The van der Waals surface area contributed by atoms with Gasteiger partial charge in [0.2, 0.25) is 5.91 Å². The average molecular weight is 296 g/mol. The molecule has 1 aromatic rings. The molecule has 0 fully saturated rings. The summed E-state index contributed by atoms with van der Waals surface area (Å²) in [4.78, 5) is 13.6. The topological polar surface area (TPSA) is 20.3 Å². The number of likely N-dealkylation sites (N-methyl/N-ethyl adjacent to an activating group) is 1. The van der Waals surface area contributed by atoms with Gasteiger partial charge >= 0.3 is 0 Å². The molecule has 0 aliphatic carbocycles. The van der Waals surface area contributed by atoms with Gasteiger partial charge in [-0.2, -0.15) is 0 Å². The van der Waals surface area contributed by atoms with E-state index in [1.807, 2.05) is 45.0 Å². The Bertz CT molecular complexity index is 422. The quantitative estimate of drug-likeness (QED) is 0.777. The minimum Gasteiger partial charge on any atom is -0.340 e. The van der Waals surface area contributed by atoms with Crippen molar-refractivity contribution in [1.29, 1.82) is 0 Å². The van der Waals surface area contributed by atoms with Crippen molar-refractivity contribution in [2.75, 3.05) is 13.1 Å². The number of hydrogen-bond donors (Lipinski definition) is 0. The molecule has 0 heterocycles. The van der Waals surface area contributed by atoms with E-state index in [4.69, 9.17) is 0 Å². The van der Waals surface area contributed by atoms with Crippen LogP contribution in [0.1, 0.15) is 25.0 Å². The summed E-state index contributed by atoms with van der Waals surface area (Å²) in [5, 5.41) is 0. The zero-order valence-electron chi connectivity index (χ0n) is 10.5. The monoisotopic (exact) mass is 295 g/mol. The third kappa shape index (κ3) is 4.00. The second-order valence-corrected chi connectivity index (χ2v) is 4.72. The fraction of sp³-hybridized carbons (Fsp3) is 0.357. The average Bonchev–Trinajstić information content (AvgIpc) is 2.29. The SMILES string of the molecule is CCN(CC)C(=O)/C=C/c1ccc(C)cc1Br. The lowest BCUT2D eigenvalue weighted by molar-refractivity contribution is -0.125. The molecule has 1 rings (SSSR count). The lowest BCUT2D eigenvalue weighted by Crippen LogP contribution is -2.28. The van der Waals surface area contributed by atoms with Crippen LogP contribution in [0.3, 0.4) is 0 Å². The Kier molecular flexibility index (Phi) is 5.42. The van der Waals surface area contributed by atoms with Gasteiger partial charge in [-0.3, -0.25) is 4.79 Å². The van der Waals surface area contributed by atoms with E-state index in [1.54, 1.807) is 11.0 Å². The van der Waals surface area contributed by atoms with Crippen molar-refractivity contribution in [3.05, 3.63) is 39.9 Å². The van der Waals surface area contributed by atoms with Crippen LogP contribution in [0.25, 0.3) is 6.08 Å². The third-order valence-corrected chi connectivity index (χ3v) is 3.32. The van der Waals surface area contributed by atoms with Gasteiger partial charge in [-0.15, -0.1) is 0 Å². The van der Waals surface area contributed by atoms with Gasteiger partial charge < -0.3 is 4.90 Å². The fourth-order valence-corrected chi connectivity index (χ4v) is 2.19. The lowest BCUT2D eigenvalue weighted by Gasteiger charge is -2.15. The maximum atomic E-state index is 11.8. The van der Waals surface area contributed by atoms with Crippen LogP contribution in [0.4, 0.5) is 0 Å². The van der Waals surface area contributed by atoms with E-state index in [-0.39, 0.29) is 5.91 Å². The van der Waals surface area contributed by atoms with E-state index >= 15 is 0 Å². The lowest BCUT2D eigenvalue weighted by atomic mass is 10.1. The molecule has 0 spiro atoms. The molecule has 1 amide bonds. The summed E-state index contributed by atoms with van der Waals surface area (Å²) in [7, 11) is 0. The maximum Gasteiger partial charge on any atom is 0.246 e. The van der Waals surface area contributed by atoms with Gasteiger partial charge in [-0.05, 0) is 44.0 Å². The molecule has 0 aromatic heterocycles. The Hall–Kier alpha value is -1.09. The zero-order valence-corrected chi connectivity index (χ0v) is 12.1. The van der Waals surface area contributed by atoms with Crippen LogP contribution in [0.15, 0.2) is 28.7 Å². The van der Waals surface area contributed by atoms with E-state index in [2.05, 4.69) is 15.9 Å². The molecule has 0 radical (unpaired) electrons. The number of carbonyl (C=O) groups excluding carboxylic acids is 1. The van der Waals surface area contributed by atoms with Crippen molar-refractivity contribution >= 4 is 27.9 Å². The smallest absolute Gasteiger partial charge is 0.246 e. The molecule has 1 aromatic carbocycles. The van der Waals surface area contributed by atoms with Crippen LogP contribution >= 0.6 is 15.9 Å². The summed E-state index contributed by atoms with van der Waals surface area (Å²) < 4.78 is 1.01. The van der Waals surface area contributed by atoms with Crippen molar-refractivity contribution in [1.82, 2.24) is 4.90 Å². The van der Waals surface area contributed by atoms with Crippen LogP contribution < -0.4 is 0 Å². The molecule has 3 heteroatoms. The van der Waals surface area contributed by atoms with Gasteiger partial charge in [0.1, 0.15) is 0 Å². The number of rotatable bonds is 4. The third-order valence-electron chi connectivity index (χ3n) is 2.64. The predicted octanol–water partition coefficient (Wildman–Crippen LogP) is 3.64. The van der Waals surface area contributed by atoms with Gasteiger partial charge in [0.25, 0.3) is 0 Å². The highest BCUT2D eigenvalue weighted by atomic mass is 79.9. The highest BCUT2D eigenvalue weighted by Gasteiger charge is 2.05. The molecular formula is C14H18BrNO. The number of benzene rings is 1. The molecule has 0 atom stereocenters. The van der Waals surface area contributed by atoms with Crippen LogP contribution in [0, 0.1) is 6.92 Å². The van der Waals surface area contributed by atoms with E-state index in [0.717, 1.165) is 23.1 Å². The highest BCUT2D eigenvalue weighted by molar-refractivity contribution is 9.10. The molecular weight excluding hydrogens is 278 g/mol. The summed E-state index contributed by atoms with van der Waals surface area (Å²) in [5.41, 5.74) is 2.22. The summed E-state index contributed by atoms with van der Waals surface area (Å²) in [6.07, 6.45) is 3.48. The second kappa shape index (κ2) is 6.60. The Morgan fingerprint density at radius 2 is 2.00 bits per heavy atom. The van der Waals surface area contributed by atoms with Crippen molar-refractivity contribution in [3.8, 4) is 0 Å². The minimum absolute atomic E-state index is 0.0578. The summed E-state index contributed by atoms with van der Waals surface area (Å²) >= 11 is 3.49. The summed E-state index contributed by atoms with van der Waals surface area (Å²) in [6.45, 7) is 7.50. The van der Waals surface area contributed by atoms with Crippen LogP contribution in [-0.2, 0) is 4.79 Å². The first-order valence-electron chi connectivity index (χ1n) is 5.81. The molecule has 0 saturated carbocycles. The van der Waals surface area contributed by atoms with Gasteiger partial charge in [-0.25, -0.2) is 0 Å². The van der Waals surface area contributed by atoms with Gasteiger partial charge in [0.05, 0.1) is 0 Å². The van der Waals surface area contributed by atoms with Crippen molar-refractivity contribution in [3.63, 3.8) is 0 Å². The molecule has 92 valence electrons. The van der Waals surface area contributed by atoms with Gasteiger partial charge in [0, 0.05) is 23.6 Å². The first-order chi connectivity index (χ1) is 8.08. The Morgan fingerprint density at radius 3 is 2.53 bits per heavy atom. The number of hydrogen-bond acceptors (Lipinski definition) is 1. The number of amides is 1. The molecule has 17 heavy (non-hydrogen) atoms. The number of halogens is 1. The molecule has 2 nitrogen and oxygen atoms in total. The minimum atomic E-state index is 0.0578. The molecule has 0 N–H and O–H groups in total. The maximum absolute atomic E-state index is 11.8. The van der Waals surface area contributed by atoms with Crippen LogP contribution in [0.5, 0.6) is 0 Å². The van der Waals surface area contributed by atoms with Crippen LogP contribution in [-0.4, -0.2) is 23.9 Å². The second-order valence-electron chi connectivity index (χ2n) is 3.87. The Balaban J connectivity index is 2.80. The van der Waals surface area contributed by atoms with Gasteiger partial charge in [0.15, 0.2) is 0 Å². The standard InChI is InChI=1S/C14H18BrNO/c1-4-16(5-2)14(17)9-8-12-7-6-11(3)10-13(12)15/h6-10H,4-5H2,1-3H3/b9-8+. The van der Waals surface area contributed by atoms with Crippen molar-refractivity contribution < 1.29 is 4.79 Å². The van der Waals surface area contributed by atoms with Crippen molar-refractivity contribution in [2.45, 2.75) is 20.8 Å². The zero-order chi connectivity index (χ0) is 12.8. The molecule has 0 aliphatic rings. The molecule has 0 bridgehead atoms. The Labute approximate surface area is 111 Å². The van der Waals surface area contributed by atoms with E-state index in [0.29, 0.717) is 0 Å². The van der Waals surface area contributed by atoms with Crippen molar-refractivity contribution in [2.24, 2.45) is 0 Å². The molecule has 0 saturated heterocycles. The first kappa shape index (κ1) is 14.0. The Morgan fingerprint density at radius 1 is 1.35 bits per heavy atom. The number of carbonyl (C=O) groups is 1. The molecule has 0 aliphatic heterocycles. The van der Waals surface area contributed by atoms with E-state index in [1.165, 1.54) is 5.56 Å². The largest absolute Gasteiger partial charge is 0.340 e. The highest BCUT2D eigenvalue weighted by Crippen LogP contribution is 2.19. The summed E-state index contributed by atoms with van der Waals surface area (Å²) in [6, 6.07) is 6.08. The summed E-state index contributed by atoms with van der Waals surface area (Å²) in [5.74, 6) is 0.0578.